The third-order valence-electron chi connectivity index (χ3n) is 4.12. The lowest BCUT2D eigenvalue weighted by Gasteiger charge is -2.26. The van der Waals surface area contributed by atoms with Gasteiger partial charge in [0.15, 0.2) is 5.60 Å². The average Bonchev–Trinajstić information content (AvgIpc) is 3.33. The molecule has 0 saturated heterocycles. The van der Waals surface area contributed by atoms with Gasteiger partial charge >= 0.3 is 0 Å². The first-order valence-electron chi connectivity index (χ1n) is 7.80. The van der Waals surface area contributed by atoms with Crippen molar-refractivity contribution in [2.75, 3.05) is 13.7 Å². The molecule has 2 aromatic heterocycles. The number of nitrogens with one attached hydrogen (secondary N) is 1. The van der Waals surface area contributed by atoms with Gasteiger partial charge in [0.1, 0.15) is 11.5 Å². The van der Waals surface area contributed by atoms with Gasteiger partial charge in [-0.3, -0.25) is 0 Å². The normalized spacial score (nSPS) is 14.1. The van der Waals surface area contributed by atoms with Gasteiger partial charge in [0.05, 0.1) is 24.8 Å². The van der Waals surface area contributed by atoms with E-state index < -0.39 is 15.6 Å². The van der Waals surface area contributed by atoms with Crippen LogP contribution in [-0.4, -0.2) is 27.2 Å². The Morgan fingerprint density at radius 2 is 2.12 bits per heavy atom. The van der Waals surface area contributed by atoms with Crippen molar-refractivity contribution in [3.8, 4) is 5.75 Å². The number of ether oxygens (including phenoxy) is 1. The summed E-state index contributed by atoms with van der Waals surface area (Å²) in [6.07, 6.45) is 1.44. The zero-order valence-electron chi connectivity index (χ0n) is 14.3. The highest BCUT2D eigenvalue weighted by atomic mass is 32.2. The molecule has 8 heteroatoms. The number of hydrogen-bond donors (Lipinski definition) is 2. The van der Waals surface area contributed by atoms with Gasteiger partial charge in [-0.05, 0) is 59.6 Å². The Balaban J connectivity index is 1.90. The van der Waals surface area contributed by atoms with Gasteiger partial charge < -0.3 is 14.3 Å². The molecule has 0 fully saturated rings. The van der Waals surface area contributed by atoms with E-state index >= 15 is 0 Å². The number of rotatable bonds is 7. The van der Waals surface area contributed by atoms with Crippen molar-refractivity contribution in [2.24, 2.45) is 0 Å². The van der Waals surface area contributed by atoms with Crippen LogP contribution >= 0.6 is 11.3 Å². The van der Waals surface area contributed by atoms with Gasteiger partial charge in [0.2, 0.25) is 10.0 Å². The second-order valence-electron chi connectivity index (χ2n) is 5.81. The highest BCUT2D eigenvalue weighted by molar-refractivity contribution is 7.89. The van der Waals surface area contributed by atoms with Crippen LogP contribution in [0.4, 0.5) is 0 Å². The minimum atomic E-state index is -3.84. The van der Waals surface area contributed by atoms with Crippen LogP contribution in [0, 0.1) is 6.92 Å². The lowest BCUT2D eigenvalue weighted by molar-refractivity contribution is 0.0623. The summed E-state index contributed by atoms with van der Waals surface area (Å²) in [5.41, 5.74) is -0.489. The van der Waals surface area contributed by atoms with Crippen LogP contribution in [0.25, 0.3) is 0 Å². The Hall–Kier alpha value is -2.13. The summed E-state index contributed by atoms with van der Waals surface area (Å²) in [6.45, 7) is 1.43. The zero-order chi connectivity index (χ0) is 18.8. The highest BCUT2D eigenvalue weighted by Gasteiger charge is 2.36. The molecular formula is C18H19NO5S2. The molecule has 138 valence electrons. The Labute approximate surface area is 156 Å². The topological polar surface area (TPSA) is 88.8 Å². The van der Waals surface area contributed by atoms with Gasteiger partial charge in [0, 0.05) is 5.56 Å². The summed E-state index contributed by atoms with van der Waals surface area (Å²) < 4.78 is 38.5. The van der Waals surface area contributed by atoms with E-state index in [0.29, 0.717) is 16.9 Å². The van der Waals surface area contributed by atoms with Crippen LogP contribution in [-0.2, 0) is 15.6 Å². The molecule has 26 heavy (non-hydrogen) atoms. The van der Waals surface area contributed by atoms with E-state index in [2.05, 4.69) is 4.72 Å². The first-order valence-corrected chi connectivity index (χ1v) is 10.2. The van der Waals surface area contributed by atoms with Gasteiger partial charge in [-0.2, -0.15) is 11.3 Å². The van der Waals surface area contributed by atoms with E-state index in [1.807, 2.05) is 5.38 Å². The minimum Gasteiger partial charge on any atom is -0.497 e. The Kier molecular flexibility index (Phi) is 5.19. The van der Waals surface area contributed by atoms with E-state index in [-0.39, 0.29) is 17.2 Å². The molecule has 0 bridgehead atoms. The predicted octanol–water partition coefficient (Wildman–Crippen LogP) is 2.87. The number of thiophene rings is 1. The third-order valence-corrected chi connectivity index (χ3v) is 6.36. The van der Waals surface area contributed by atoms with E-state index in [1.165, 1.54) is 30.8 Å². The first-order chi connectivity index (χ1) is 12.4. The van der Waals surface area contributed by atoms with Crippen molar-refractivity contribution in [1.82, 2.24) is 4.72 Å². The summed E-state index contributed by atoms with van der Waals surface area (Å²) in [4.78, 5) is 0.130. The zero-order valence-corrected chi connectivity index (χ0v) is 15.9. The van der Waals surface area contributed by atoms with Crippen LogP contribution < -0.4 is 9.46 Å². The van der Waals surface area contributed by atoms with Crippen molar-refractivity contribution >= 4 is 21.4 Å². The Morgan fingerprint density at radius 1 is 1.31 bits per heavy atom. The van der Waals surface area contributed by atoms with Crippen LogP contribution in [0.5, 0.6) is 5.75 Å². The molecule has 0 aliphatic carbocycles. The molecule has 0 unspecified atom stereocenters. The summed E-state index contributed by atoms with van der Waals surface area (Å²) in [5, 5.41) is 14.7. The maximum Gasteiger partial charge on any atom is 0.240 e. The van der Waals surface area contributed by atoms with Crippen LogP contribution in [0.1, 0.15) is 16.9 Å². The molecule has 0 radical (unpaired) electrons. The Bertz CT molecular complexity index is 929. The summed E-state index contributed by atoms with van der Waals surface area (Å²) >= 11 is 1.41. The second kappa shape index (κ2) is 7.24. The minimum absolute atomic E-state index is 0.130. The standard InChI is InChI=1S/C18H19NO5S2/c1-13-10-15(23-2)5-6-16(13)26(21,22)19-12-18(20,14-7-9-25-11-14)17-4-3-8-24-17/h3-11,19-20H,12H2,1-2H3/t18-/m1/s1. The molecule has 0 spiro atoms. The largest absolute Gasteiger partial charge is 0.497 e. The summed E-state index contributed by atoms with van der Waals surface area (Å²) in [6, 6.07) is 9.71. The van der Waals surface area contributed by atoms with Gasteiger partial charge in [-0.15, -0.1) is 0 Å². The molecule has 2 heterocycles. The van der Waals surface area contributed by atoms with Crippen LogP contribution in [0.2, 0.25) is 0 Å². The maximum atomic E-state index is 12.7. The summed E-state index contributed by atoms with van der Waals surface area (Å²) in [7, 11) is -2.32. The van der Waals surface area contributed by atoms with Crippen molar-refractivity contribution in [3.05, 3.63) is 70.3 Å². The molecule has 0 amide bonds. The van der Waals surface area contributed by atoms with Crippen molar-refractivity contribution in [3.63, 3.8) is 0 Å². The lowest BCUT2D eigenvalue weighted by Crippen LogP contribution is -2.41. The predicted molar refractivity (Wildman–Crippen MR) is 98.9 cm³/mol. The smallest absolute Gasteiger partial charge is 0.240 e. The van der Waals surface area contributed by atoms with Crippen molar-refractivity contribution in [1.29, 1.82) is 0 Å². The average molecular weight is 393 g/mol. The monoisotopic (exact) mass is 393 g/mol. The number of benzene rings is 1. The highest BCUT2D eigenvalue weighted by Crippen LogP contribution is 2.31. The number of furan rings is 1. The third kappa shape index (κ3) is 3.54. The summed E-state index contributed by atoms with van der Waals surface area (Å²) in [5.74, 6) is 0.844. The fourth-order valence-electron chi connectivity index (χ4n) is 2.67. The molecule has 0 saturated carbocycles. The van der Waals surface area contributed by atoms with Crippen molar-refractivity contribution < 1.29 is 22.7 Å². The fourth-order valence-corrected chi connectivity index (χ4v) is 4.68. The van der Waals surface area contributed by atoms with Crippen LogP contribution in [0.15, 0.2) is 62.7 Å². The molecule has 2 N–H and O–H groups in total. The van der Waals surface area contributed by atoms with Crippen LogP contribution in [0.3, 0.4) is 0 Å². The number of hydrogen-bond acceptors (Lipinski definition) is 6. The molecular weight excluding hydrogens is 374 g/mol. The molecule has 3 aromatic rings. The van der Waals surface area contributed by atoms with E-state index in [1.54, 1.807) is 42.6 Å². The van der Waals surface area contributed by atoms with E-state index in [0.717, 1.165) is 0 Å². The van der Waals surface area contributed by atoms with E-state index in [4.69, 9.17) is 9.15 Å². The first kappa shape index (κ1) is 18.7. The van der Waals surface area contributed by atoms with Gasteiger partial charge in [0.25, 0.3) is 0 Å². The molecule has 6 nitrogen and oxygen atoms in total. The fraction of sp³-hybridized carbons (Fsp3) is 0.222. The molecule has 0 aliphatic heterocycles. The number of aryl methyl sites for hydroxylation is 1. The Morgan fingerprint density at radius 3 is 2.69 bits per heavy atom. The number of sulfonamides is 1. The second-order valence-corrected chi connectivity index (χ2v) is 8.32. The quantitative estimate of drug-likeness (QED) is 0.644. The van der Waals surface area contributed by atoms with Crippen molar-refractivity contribution in [2.45, 2.75) is 17.4 Å². The number of aliphatic hydroxyl groups is 1. The van der Waals surface area contributed by atoms with Gasteiger partial charge in [-0.25, -0.2) is 13.1 Å². The SMILES string of the molecule is COc1ccc(S(=O)(=O)NC[C@@](O)(c2ccsc2)c2ccco2)c(C)c1. The van der Waals surface area contributed by atoms with Gasteiger partial charge in [-0.1, -0.05) is 0 Å². The molecule has 0 aliphatic rings. The number of methoxy groups -OCH3 is 1. The maximum absolute atomic E-state index is 12.7. The van der Waals surface area contributed by atoms with E-state index in [9.17, 15) is 13.5 Å². The molecule has 3 rings (SSSR count). The molecule has 1 atom stereocenters. The molecule has 1 aromatic carbocycles. The lowest BCUT2D eigenvalue weighted by atomic mass is 9.94.